The molecule has 0 fully saturated rings. The van der Waals surface area contributed by atoms with E-state index in [2.05, 4.69) is 261 Å². The molecule has 12 aromatic rings. The van der Waals surface area contributed by atoms with Crippen molar-refractivity contribution < 1.29 is 0 Å². The minimum atomic E-state index is -0.0158. The fraction of sp³-hybridized carbons (Fsp3) is 0.0769. The number of para-hydroxylation sites is 2. The van der Waals surface area contributed by atoms with Crippen molar-refractivity contribution in [2.45, 2.75) is 33.1 Å². The molecule has 2 aliphatic rings. The number of nitrogens with zero attached hydrogens (tertiary/aromatic N) is 3. The van der Waals surface area contributed by atoms with E-state index in [1.54, 1.807) is 0 Å². The highest BCUT2D eigenvalue weighted by atomic mass is 32.1. The van der Waals surface area contributed by atoms with Gasteiger partial charge in [-0.25, -0.2) is 0 Å². The van der Waals surface area contributed by atoms with E-state index in [1.807, 2.05) is 11.3 Å². The highest BCUT2D eigenvalue weighted by molar-refractivity contribution is 7.33. The molecule has 11 aromatic carbocycles. The van der Waals surface area contributed by atoms with Gasteiger partial charge < -0.3 is 14.7 Å². The van der Waals surface area contributed by atoms with Crippen LogP contribution in [0.15, 0.2) is 218 Å². The molecule has 0 atom stereocenters. The van der Waals surface area contributed by atoms with Gasteiger partial charge >= 0.3 is 0 Å². The first-order chi connectivity index (χ1) is 34.2. The smallest absolute Gasteiger partial charge is 0.264 e. The molecule has 0 aliphatic carbocycles. The molecule has 70 heavy (non-hydrogen) atoms. The fourth-order valence-electron chi connectivity index (χ4n) is 11.5. The van der Waals surface area contributed by atoms with Crippen LogP contribution in [0.25, 0.3) is 53.2 Å². The third-order valence-corrected chi connectivity index (χ3v) is 16.1. The topological polar surface area (TPSA) is 9.72 Å². The van der Waals surface area contributed by atoms with Gasteiger partial charge in [-0.1, -0.05) is 130 Å². The van der Waals surface area contributed by atoms with Crippen molar-refractivity contribution in [3.8, 4) is 0 Å². The van der Waals surface area contributed by atoms with Crippen LogP contribution in [-0.4, -0.2) is 6.71 Å². The average molecular weight is 914 g/mol. The zero-order valence-corrected chi connectivity index (χ0v) is 40.4. The Bertz CT molecular complexity index is 4060. The Morgan fingerprint density at radius 3 is 1.51 bits per heavy atom. The molecule has 0 unspecified atom stereocenters. The molecule has 1 aromatic heterocycles. The van der Waals surface area contributed by atoms with Gasteiger partial charge in [0.25, 0.3) is 6.71 Å². The first kappa shape index (κ1) is 40.9. The first-order valence-electron chi connectivity index (χ1n) is 24.4. The van der Waals surface area contributed by atoms with Crippen molar-refractivity contribution in [3.05, 3.63) is 230 Å². The van der Waals surface area contributed by atoms with Gasteiger partial charge in [0, 0.05) is 60.4 Å². The van der Waals surface area contributed by atoms with Gasteiger partial charge in [-0.15, -0.1) is 11.3 Å². The summed E-state index contributed by atoms with van der Waals surface area (Å²) in [6, 6.07) is 81.9. The van der Waals surface area contributed by atoms with Gasteiger partial charge in [-0.2, -0.15) is 0 Å². The van der Waals surface area contributed by atoms with Crippen LogP contribution in [0.5, 0.6) is 0 Å². The lowest BCUT2D eigenvalue weighted by Gasteiger charge is -2.44. The van der Waals surface area contributed by atoms with E-state index in [9.17, 15) is 0 Å². The fourth-order valence-corrected chi connectivity index (χ4v) is 12.8. The first-order valence-corrected chi connectivity index (χ1v) is 25.2. The SMILES string of the molecule is Cc1cc2c3c(c1)N(c1ccc4cc5ccccc5cc4c1)c1c(sc4ccc(C(C)(C)C)cc14)B3c1ccc(N(c3ccccc3)c3ccccc3)cc1N2c1ccc2cc3ccccc3cc2c1. The van der Waals surface area contributed by atoms with Gasteiger partial charge in [0.05, 0.1) is 5.69 Å². The average Bonchev–Trinajstić information content (AvgIpc) is 3.76. The normalized spacial score (nSPS) is 13.1. The second-order valence-electron chi connectivity index (χ2n) is 20.3. The maximum Gasteiger partial charge on any atom is 0.264 e. The van der Waals surface area contributed by atoms with Crippen LogP contribution >= 0.6 is 11.3 Å². The van der Waals surface area contributed by atoms with E-state index in [-0.39, 0.29) is 12.1 Å². The molecular weight excluding hydrogens is 866 g/mol. The molecule has 0 saturated heterocycles. The molecule has 0 bridgehead atoms. The Kier molecular flexibility index (Phi) is 9.03. The monoisotopic (exact) mass is 913 g/mol. The summed E-state index contributed by atoms with van der Waals surface area (Å²) >= 11 is 1.96. The van der Waals surface area contributed by atoms with Gasteiger partial charge in [-0.05, 0) is 187 Å². The Labute approximate surface area is 413 Å². The predicted molar refractivity (Wildman–Crippen MR) is 304 cm³/mol. The minimum absolute atomic E-state index is 0.0108. The highest BCUT2D eigenvalue weighted by Gasteiger charge is 2.46. The molecule has 0 spiro atoms. The molecule has 332 valence electrons. The Balaban J connectivity index is 1.07. The summed E-state index contributed by atoms with van der Waals surface area (Å²) in [6.07, 6.45) is 0. The van der Waals surface area contributed by atoms with E-state index in [0.29, 0.717) is 0 Å². The summed E-state index contributed by atoms with van der Waals surface area (Å²) in [7, 11) is 0. The number of benzene rings is 11. The van der Waals surface area contributed by atoms with Crippen LogP contribution in [-0.2, 0) is 5.41 Å². The Morgan fingerprint density at radius 1 is 0.429 bits per heavy atom. The maximum atomic E-state index is 2.62. The third-order valence-electron chi connectivity index (χ3n) is 14.8. The number of aryl methyl sites for hydroxylation is 1. The zero-order valence-electron chi connectivity index (χ0n) is 39.6. The lowest BCUT2D eigenvalue weighted by Crippen LogP contribution is -2.60. The number of hydrogen-bond donors (Lipinski definition) is 0. The highest BCUT2D eigenvalue weighted by Crippen LogP contribution is 2.50. The number of rotatable bonds is 5. The molecular formula is C65H48BN3S. The van der Waals surface area contributed by atoms with Crippen LogP contribution in [0.4, 0.5) is 51.2 Å². The molecule has 5 heteroatoms. The second kappa shape index (κ2) is 15.4. The summed E-state index contributed by atoms with van der Waals surface area (Å²) in [4.78, 5) is 7.59. The molecule has 0 N–H and O–H groups in total. The Morgan fingerprint density at radius 2 is 0.943 bits per heavy atom. The number of hydrogen-bond acceptors (Lipinski definition) is 4. The van der Waals surface area contributed by atoms with Crippen molar-refractivity contribution in [1.82, 2.24) is 0 Å². The van der Waals surface area contributed by atoms with Crippen LogP contribution < -0.4 is 30.4 Å². The quantitative estimate of drug-likeness (QED) is 0.126. The Hall–Kier alpha value is -8.12. The van der Waals surface area contributed by atoms with E-state index in [0.717, 1.165) is 22.7 Å². The van der Waals surface area contributed by atoms with Gasteiger partial charge in [-0.3, -0.25) is 0 Å². The third kappa shape index (κ3) is 6.42. The summed E-state index contributed by atoms with van der Waals surface area (Å²) in [6.45, 7) is 9.25. The van der Waals surface area contributed by atoms with E-state index >= 15 is 0 Å². The molecule has 3 heterocycles. The molecule has 3 nitrogen and oxygen atoms in total. The number of fused-ring (bicyclic) bond motifs is 10. The van der Waals surface area contributed by atoms with Gasteiger partial charge in [0.15, 0.2) is 0 Å². The van der Waals surface area contributed by atoms with Crippen molar-refractivity contribution in [1.29, 1.82) is 0 Å². The van der Waals surface area contributed by atoms with Crippen LogP contribution in [0, 0.1) is 6.92 Å². The standard InChI is InChI=1S/C65H48BN3S/c1-41-31-59-62-60(32-41)69(54-27-24-47-34-43-16-12-14-18-45(43)36-49(47)38-54)63-56-39-50(65(2,3)4)25-30-61(56)70-64(63)66(62)57-29-28-55(67(51-19-7-5-8-20-51)52-21-9-6-10-22-52)40-58(57)68(59)53-26-23-46-33-42-15-11-13-17-44(42)35-48(46)37-53/h5-40H,1-4H3. The zero-order chi connectivity index (χ0) is 46.8. The summed E-state index contributed by atoms with van der Waals surface area (Å²) in [5.41, 5.74) is 15.7. The number of thiophene rings is 1. The van der Waals surface area contributed by atoms with E-state index in [1.165, 1.54) is 108 Å². The summed E-state index contributed by atoms with van der Waals surface area (Å²) in [5.74, 6) is 0. The van der Waals surface area contributed by atoms with Gasteiger partial charge in [0.1, 0.15) is 0 Å². The van der Waals surface area contributed by atoms with Crippen LogP contribution in [0.1, 0.15) is 31.9 Å². The van der Waals surface area contributed by atoms with Crippen molar-refractivity contribution in [2.75, 3.05) is 14.7 Å². The number of anilines is 9. The lowest BCUT2D eigenvalue weighted by atomic mass is 9.36. The lowest BCUT2D eigenvalue weighted by molar-refractivity contribution is 0.591. The molecule has 2 aliphatic heterocycles. The van der Waals surface area contributed by atoms with Crippen molar-refractivity contribution in [3.63, 3.8) is 0 Å². The van der Waals surface area contributed by atoms with Crippen molar-refractivity contribution >= 4 is 138 Å². The van der Waals surface area contributed by atoms with Gasteiger partial charge in [0.2, 0.25) is 0 Å². The largest absolute Gasteiger partial charge is 0.311 e. The summed E-state index contributed by atoms with van der Waals surface area (Å²) in [5, 5.41) is 11.3. The second-order valence-corrected chi connectivity index (χ2v) is 21.4. The molecule has 14 rings (SSSR count). The van der Waals surface area contributed by atoms with E-state index in [4.69, 9.17) is 0 Å². The molecule has 0 amide bonds. The predicted octanol–water partition coefficient (Wildman–Crippen LogP) is 16.7. The molecule has 0 radical (unpaired) electrons. The van der Waals surface area contributed by atoms with E-state index < -0.39 is 0 Å². The van der Waals surface area contributed by atoms with Crippen molar-refractivity contribution in [2.24, 2.45) is 0 Å². The molecule has 0 saturated carbocycles. The maximum absolute atomic E-state index is 2.62. The van der Waals surface area contributed by atoms with Crippen LogP contribution in [0.3, 0.4) is 0 Å². The van der Waals surface area contributed by atoms with Crippen LogP contribution in [0.2, 0.25) is 0 Å². The minimum Gasteiger partial charge on any atom is -0.311 e. The summed E-state index contributed by atoms with van der Waals surface area (Å²) < 4.78 is 2.68.